The Bertz CT molecular complexity index is 1170. The normalized spacial score (nSPS) is 14.3. The fraction of sp³-hybridized carbons (Fsp3) is 0.360. The van der Waals surface area contributed by atoms with E-state index in [0.29, 0.717) is 27.5 Å². The number of hydrogen-bond acceptors (Lipinski definition) is 5. The molecule has 0 saturated heterocycles. The van der Waals surface area contributed by atoms with Crippen LogP contribution in [0.25, 0.3) is 11.0 Å². The number of rotatable bonds is 6. The van der Waals surface area contributed by atoms with E-state index in [1.54, 1.807) is 30.3 Å². The summed E-state index contributed by atoms with van der Waals surface area (Å²) in [6, 6.07) is 8.64. The van der Waals surface area contributed by atoms with Crippen molar-refractivity contribution in [3.63, 3.8) is 0 Å². The van der Waals surface area contributed by atoms with Gasteiger partial charge in [-0.2, -0.15) is 0 Å². The lowest BCUT2D eigenvalue weighted by Crippen LogP contribution is -2.38. The predicted octanol–water partition coefficient (Wildman–Crippen LogP) is 5.68. The van der Waals surface area contributed by atoms with Gasteiger partial charge in [0.1, 0.15) is 23.3 Å². The fourth-order valence-electron chi connectivity index (χ4n) is 4.01. The van der Waals surface area contributed by atoms with Gasteiger partial charge in [-0.3, -0.25) is 9.59 Å². The molecule has 1 saturated carbocycles. The standard InChI is InChI=1S/C25H26ClNO5/c1-15-10-19(11-16(2)24(15)26)32-22-13-31-21-12-18(8-9-20(21)25(22)29)30-14-23(28)27-17-6-4-3-5-7-17/h8-13,17H,3-7,14H2,1-2H3,(H,27,28). The lowest BCUT2D eigenvalue weighted by atomic mass is 9.95. The Hall–Kier alpha value is -2.99. The summed E-state index contributed by atoms with van der Waals surface area (Å²) in [5, 5.41) is 4.05. The van der Waals surface area contributed by atoms with Crippen LogP contribution in [0.4, 0.5) is 0 Å². The molecule has 0 atom stereocenters. The third kappa shape index (κ3) is 5.07. The number of amides is 1. The third-order valence-electron chi connectivity index (χ3n) is 5.69. The van der Waals surface area contributed by atoms with Gasteiger partial charge in [-0.15, -0.1) is 0 Å². The highest BCUT2D eigenvalue weighted by Gasteiger charge is 2.16. The van der Waals surface area contributed by atoms with Crippen molar-refractivity contribution in [2.24, 2.45) is 0 Å². The van der Waals surface area contributed by atoms with Crippen LogP contribution in [0.5, 0.6) is 17.2 Å². The number of hydrogen-bond donors (Lipinski definition) is 1. The molecule has 32 heavy (non-hydrogen) atoms. The van der Waals surface area contributed by atoms with Crippen molar-refractivity contribution < 1.29 is 18.7 Å². The molecule has 168 valence electrons. The minimum atomic E-state index is -0.293. The summed E-state index contributed by atoms with van der Waals surface area (Å²) < 4.78 is 17.0. The zero-order chi connectivity index (χ0) is 22.7. The first-order valence-electron chi connectivity index (χ1n) is 10.8. The topological polar surface area (TPSA) is 77.8 Å². The second kappa shape index (κ2) is 9.65. The van der Waals surface area contributed by atoms with Gasteiger partial charge >= 0.3 is 0 Å². The highest BCUT2D eigenvalue weighted by molar-refractivity contribution is 6.32. The van der Waals surface area contributed by atoms with Gasteiger partial charge in [0.05, 0.1) is 5.39 Å². The van der Waals surface area contributed by atoms with Crippen LogP contribution in [0.15, 0.2) is 45.8 Å². The molecule has 7 heteroatoms. The molecule has 0 spiro atoms. The van der Waals surface area contributed by atoms with Crippen molar-refractivity contribution in [1.29, 1.82) is 0 Å². The van der Waals surface area contributed by atoms with Crippen molar-refractivity contribution in [2.45, 2.75) is 52.0 Å². The molecule has 1 aromatic heterocycles. The smallest absolute Gasteiger partial charge is 0.258 e. The summed E-state index contributed by atoms with van der Waals surface area (Å²) in [6.07, 6.45) is 6.86. The minimum absolute atomic E-state index is 0.0807. The van der Waals surface area contributed by atoms with Gasteiger partial charge in [0.15, 0.2) is 6.61 Å². The third-order valence-corrected chi connectivity index (χ3v) is 6.29. The van der Waals surface area contributed by atoms with E-state index in [9.17, 15) is 9.59 Å². The van der Waals surface area contributed by atoms with E-state index in [1.165, 1.54) is 12.7 Å². The number of aryl methyl sites for hydroxylation is 2. The molecule has 0 unspecified atom stereocenters. The number of carbonyl (C=O) groups excluding carboxylic acids is 1. The Labute approximate surface area is 191 Å². The number of benzene rings is 2. The maximum atomic E-state index is 12.9. The molecule has 0 radical (unpaired) electrons. The minimum Gasteiger partial charge on any atom is -0.484 e. The summed E-state index contributed by atoms with van der Waals surface area (Å²) in [4.78, 5) is 25.0. The molecule has 1 amide bonds. The molecule has 4 rings (SSSR count). The summed E-state index contributed by atoms with van der Waals surface area (Å²) in [5.41, 5.74) is 1.79. The van der Waals surface area contributed by atoms with Gasteiger partial charge in [-0.05, 0) is 62.1 Å². The number of halogens is 1. The molecule has 2 aromatic carbocycles. The number of nitrogens with one attached hydrogen (secondary N) is 1. The maximum absolute atomic E-state index is 12.9. The second-order valence-electron chi connectivity index (χ2n) is 8.25. The summed E-state index contributed by atoms with van der Waals surface area (Å²) in [5.74, 6) is 0.909. The average molecular weight is 456 g/mol. The van der Waals surface area contributed by atoms with Crippen molar-refractivity contribution in [3.05, 3.63) is 63.0 Å². The van der Waals surface area contributed by atoms with Crippen molar-refractivity contribution in [3.8, 4) is 17.2 Å². The monoisotopic (exact) mass is 455 g/mol. The van der Waals surface area contributed by atoms with E-state index in [2.05, 4.69) is 5.32 Å². The summed E-state index contributed by atoms with van der Waals surface area (Å²) in [6.45, 7) is 3.67. The number of carbonyl (C=O) groups is 1. The number of ether oxygens (including phenoxy) is 2. The lowest BCUT2D eigenvalue weighted by molar-refractivity contribution is -0.124. The first kappa shape index (κ1) is 22.2. The Morgan fingerprint density at radius 3 is 2.53 bits per heavy atom. The van der Waals surface area contributed by atoms with Crippen LogP contribution < -0.4 is 20.2 Å². The van der Waals surface area contributed by atoms with Gasteiger partial charge in [-0.1, -0.05) is 30.9 Å². The molecule has 0 bridgehead atoms. The highest BCUT2D eigenvalue weighted by Crippen LogP contribution is 2.29. The van der Waals surface area contributed by atoms with Crippen molar-refractivity contribution >= 4 is 28.5 Å². The van der Waals surface area contributed by atoms with E-state index < -0.39 is 0 Å². The maximum Gasteiger partial charge on any atom is 0.258 e. The van der Waals surface area contributed by atoms with Crippen LogP contribution in [-0.2, 0) is 4.79 Å². The van der Waals surface area contributed by atoms with Crippen molar-refractivity contribution in [1.82, 2.24) is 5.32 Å². The molecule has 1 aliphatic carbocycles. The van der Waals surface area contributed by atoms with Crippen molar-refractivity contribution in [2.75, 3.05) is 6.61 Å². The first-order valence-corrected chi connectivity index (χ1v) is 11.2. The van der Waals surface area contributed by atoms with Crippen LogP contribution in [0.2, 0.25) is 5.02 Å². The molecular weight excluding hydrogens is 430 g/mol. The molecule has 1 fully saturated rings. The zero-order valence-corrected chi connectivity index (χ0v) is 19.0. The Balaban J connectivity index is 1.45. The molecule has 6 nitrogen and oxygen atoms in total. The van der Waals surface area contributed by atoms with Crippen LogP contribution in [0.1, 0.15) is 43.2 Å². The van der Waals surface area contributed by atoms with Gasteiger partial charge in [-0.25, -0.2) is 0 Å². The zero-order valence-electron chi connectivity index (χ0n) is 18.2. The van der Waals surface area contributed by atoms with E-state index in [-0.39, 0.29) is 29.7 Å². The molecule has 1 heterocycles. The Morgan fingerprint density at radius 2 is 1.81 bits per heavy atom. The lowest BCUT2D eigenvalue weighted by Gasteiger charge is -2.22. The second-order valence-corrected chi connectivity index (χ2v) is 8.63. The van der Waals surface area contributed by atoms with Gasteiger partial charge in [0, 0.05) is 17.1 Å². The van der Waals surface area contributed by atoms with Gasteiger partial charge < -0.3 is 19.2 Å². The average Bonchev–Trinajstić information content (AvgIpc) is 2.78. The van der Waals surface area contributed by atoms with Crippen LogP contribution in [0, 0.1) is 13.8 Å². The molecule has 1 N–H and O–H groups in total. The Morgan fingerprint density at radius 1 is 1.09 bits per heavy atom. The van der Waals surface area contributed by atoms with Crippen LogP contribution >= 0.6 is 11.6 Å². The number of fused-ring (bicyclic) bond motifs is 1. The van der Waals surface area contributed by atoms with E-state index in [4.69, 9.17) is 25.5 Å². The molecule has 1 aliphatic rings. The molecular formula is C25H26ClNO5. The molecule has 0 aliphatic heterocycles. The van der Waals surface area contributed by atoms with E-state index in [1.807, 2.05) is 13.8 Å². The van der Waals surface area contributed by atoms with Crippen LogP contribution in [0.3, 0.4) is 0 Å². The fourth-order valence-corrected chi connectivity index (χ4v) is 4.12. The molecule has 3 aromatic rings. The van der Waals surface area contributed by atoms with Crippen LogP contribution in [-0.4, -0.2) is 18.6 Å². The van der Waals surface area contributed by atoms with Gasteiger partial charge in [0.25, 0.3) is 5.91 Å². The SMILES string of the molecule is Cc1cc(Oc2coc3cc(OCC(=O)NC4CCCCC4)ccc3c2=O)cc(C)c1Cl. The quantitative estimate of drug-likeness (QED) is 0.517. The van der Waals surface area contributed by atoms with E-state index >= 15 is 0 Å². The van der Waals surface area contributed by atoms with Gasteiger partial charge in [0.2, 0.25) is 11.2 Å². The van der Waals surface area contributed by atoms with E-state index in [0.717, 1.165) is 36.8 Å². The predicted molar refractivity (Wildman–Crippen MR) is 124 cm³/mol. The summed E-state index contributed by atoms with van der Waals surface area (Å²) in [7, 11) is 0. The first-order chi connectivity index (χ1) is 15.4. The largest absolute Gasteiger partial charge is 0.484 e. The Kier molecular flexibility index (Phi) is 6.70. The highest BCUT2D eigenvalue weighted by atomic mass is 35.5. The summed E-state index contributed by atoms with van der Waals surface area (Å²) >= 11 is 6.20.